The normalized spacial score (nSPS) is 13.7. The Morgan fingerprint density at radius 2 is 2.29 bits per heavy atom. The van der Waals surface area contributed by atoms with Crippen LogP contribution in [0.3, 0.4) is 0 Å². The molecule has 1 heterocycles. The van der Waals surface area contributed by atoms with Gasteiger partial charge < -0.3 is 14.8 Å². The molecular weight excluding hydrogens is 182 g/mol. The molecule has 0 aliphatic carbocycles. The van der Waals surface area contributed by atoms with Crippen molar-refractivity contribution in [3.8, 4) is 0 Å². The Hall–Kier alpha value is -1.29. The van der Waals surface area contributed by atoms with Crippen molar-refractivity contribution in [2.45, 2.75) is 32.4 Å². The molecule has 1 rings (SSSR count). The van der Waals surface area contributed by atoms with Crippen LogP contribution in [0.5, 0.6) is 0 Å². The summed E-state index contributed by atoms with van der Waals surface area (Å²) in [6.45, 7) is 5.12. The van der Waals surface area contributed by atoms with Gasteiger partial charge in [0.1, 0.15) is 0 Å². The van der Waals surface area contributed by atoms with Crippen molar-refractivity contribution >= 4 is 5.91 Å². The molecule has 1 amide bonds. The van der Waals surface area contributed by atoms with E-state index in [9.17, 15) is 9.90 Å². The van der Waals surface area contributed by atoms with Crippen molar-refractivity contribution in [3.63, 3.8) is 0 Å². The molecule has 78 valence electrons. The number of carbonyl (C=O) groups is 1. The third kappa shape index (κ3) is 2.35. The van der Waals surface area contributed by atoms with Gasteiger partial charge in [0.15, 0.2) is 5.76 Å². The Balaban J connectivity index is 2.66. The first-order valence-corrected chi connectivity index (χ1v) is 4.47. The highest BCUT2D eigenvalue weighted by molar-refractivity contribution is 5.91. The highest BCUT2D eigenvalue weighted by Gasteiger charge is 2.27. The number of aliphatic hydroxyl groups excluding tert-OH is 1. The van der Waals surface area contributed by atoms with E-state index in [4.69, 9.17) is 4.42 Å². The maximum Gasteiger partial charge on any atom is 0.287 e. The molecule has 0 aliphatic heterocycles. The number of hydrogen-bond acceptors (Lipinski definition) is 3. The van der Waals surface area contributed by atoms with Crippen LogP contribution in [-0.2, 0) is 0 Å². The molecule has 4 nitrogen and oxygen atoms in total. The van der Waals surface area contributed by atoms with Crippen molar-refractivity contribution < 1.29 is 14.3 Å². The summed E-state index contributed by atoms with van der Waals surface area (Å²) in [7, 11) is 0. The summed E-state index contributed by atoms with van der Waals surface area (Å²) in [6, 6.07) is 3.22. The fourth-order valence-corrected chi connectivity index (χ4v) is 0.866. The SMILES string of the molecule is CC(O)C(C)(C)NC(=O)c1ccco1. The largest absolute Gasteiger partial charge is 0.459 e. The van der Waals surface area contributed by atoms with E-state index < -0.39 is 11.6 Å². The van der Waals surface area contributed by atoms with Crippen molar-refractivity contribution in [1.82, 2.24) is 5.32 Å². The molecule has 0 saturated carbocycles. The van der Waals surface area contributed by atoms with Crippen molar-refractivity contribution in [1.29, 1.82) is 0 Å². The summed E-state index contributed by atoms with van der Waals surface area (Å²) >= 11 is 0. The Morgan fingerprint density at radius 3 is 2.71 bits per heavy atom. The predicted molar refractivity (Wildman–Crippen MR) is 51.9 cm³/mol. The molecule has 0 spiro atoms. The summed E-state index contributed by atoms with van der Waals surface area (Å²) < 4.78 is 4.93. The monoisotopic (exact) mass is 197 g/mol. The molecule has 0 bridgehead atoms. The first kappa shape index (κ1) is 10.8. The summed E-state index contributed by atoms with van der Waals surface area (Å²) in [5, 5.41) is 12.1. The van der Waals surface area contributed by atoms with Gasteiger partial charge in [0.05, 0.1) is 17.9 Å². The molecular formula is C10H15NO3. The van der Waals surface area contributed by atoms with Gasteiger partial charge in [-0.2, -0.15) is 0 Å². The van der Waals surface area contributed by atoms with E-state index in [-0.39, 0.29) is 11.7 Å². The van der Waals surface area contributed by atoms with Crippen LogP contribution in [0, 0.1) is 0 Å². The molecule has 0 aromatic carbocycles. The van der Waals surface area contributed by atoms with Crippen LogP contribution >= 0.6 is 0 Å². The number of rotatable bonds is 3. The number of aliphatic hydroxyl groups is 1. The van der Waals surface area contributed by atoms with E-state index in [0.717, 1.165) is 0 Å². The highest BCUT2D eigenvalue weighted by Crippen LogP contribution is 2.10. The Morgan fingerprint density at radius 1 is 1.64 bits per heavy atom. The summed E-state index contributed by atoms with van der Waals surface area (Å²) in [5.41, 5.74) is -0.663. The van der Waals surface area contributed by atoms with Gasteiger partial charge in [0, 0.05) is 0 Å². The lowest BCUT2D eigenvalue weighted by Crippen LogP contribution is -2.50. The standard InChI is InChI=1S/C10H15NO3/c1-7(12)10(2,3)11-9(13)8-5-4-6-14-8/h4-7,12H,1-3H3,(H,11,13). The Kier molecular flexibility index (Phi) is 2.96. The lowest BCUT2D eigenvalue weighted by molar-refractivity contribution is 0.0687. The van der Waals surface area contributed by atoms with Crippen LogP contribution in [0.2, 0.25) is 0 Å². The minimum Gasteiger partial charge on any atom is -0.459 e. The predicted octanol–water partition coefficient (Wildman–Crippen LogP) is 1.17. The van der Waals surface area contributed by atoms with E-state index in [2.05, 4.69) is 5.32 Å². The van der Waals surface area contributed by atoms with Gasteiger partial charge in [-0.05, 0) is 32.9 Å². The molecule has 1 atom stereocenters. The zero-order valence-corrected chi connectivity index (χ0v) is 8.57. The van der Waals surface area contributed by atoms with Crippen molar-refractivity contribution in [2.75, 3.05) is 0 Å². The maximum absolute atomic E-state index is 11.5. The van der Waals surface area contributed by atoms with Crippen LogP contribution in [0.4, 0.5) is 0 Å². The fourth-order valence-electron chi connectivity index (χ4n) is 0.866. The molecule has 0 radical (unpaired) electrons. The van der Waals surface area contributed by atoms with Gasteiger partial charge in [0.2, 0.25) is 0 Å². The van der Waals surface area contributed by atoms with Crippen LogP contribution in [0.1, 0.15) is 31.3 Å². The number of amides is 1. The molecule has 0 saturated heterocycles. The van der Waals surface area contributed by atoms with E-state index >= 15 is 0 Å². The van der Waals surface area contributed by atoms with Crippen LogP contribution < -0.4 is 5.32 Å². The molecule has 1 aromatic heterocycles. The molecule has 0 aliphatic rings. The number of furan rings is 1. The average Bonchev–Trinajstić information content (AvgIpc) is 2.54. The van der Waals surface area contributed by atoms with Crippen molar-refractivity contribution in [3.05, 3.63) is 24.2 Å². The van der Waals surface area contributed by atoms with Gasteiger partial charge in [-0.3, -0.25) is 4.79 Å². The first-order chi connectivity index (χ1) is 6.43. The molecule has 14 heavy (non-hydrogen) atoms. The average molecular weight is 197 g/mol. The van der Waals surface area contributed by atoms with E-state index in [1.165, 1.54) is 6.26 Å². The fraction of sp³-hybridized carbons (Fsp3) is 0.500. The third-order valence-electron chi connectivity index (χ3n) is 2.23. The number of carbonyl (C=O) groups excluding carboxylic acids is 1. The minimum absolute atomic E-state index is 0.249. The lowest BCUT2D eigenvalue weighted by atomic mass is 9.99. The van der Waals surface area contributed by atoms with Gasteiger partial charge >= 0.3 is 0 Å². The van der Waals surface area contributed by atoms with Gasteiger partial charge in [0.25, 0.3) is 5.91 Å². The second-order valence-electron chi connectivity index (χ2n) is 3.83. The Labute approximate surface area is 82.9 Å². The maximum atomic E-state index is 11.5. The third-order valence-corrected chi connectivity index (χ3v) is 2.23. The van der Waals surface area contributed by atoms with Gasteiger partial charge in [-0.1, -0.05) is 0 Å². The summed E-state index contributed by atoms with van der Waals surface area (Å²) in [4.78, 5) is 11.5. The number of hydrogen-bond donors (Lipinski definition) is 2. The van der Waals surface area contributed by atoms with Crippen LogP contribution in [0.15, 0.2) is 22.8 Å². The minimum atomic E-state index is -0.663. The zero-order chi connectivity index (χ0) is 10.8. The second kappa shape index (κ2) is 3.84. The topological polar surface area (TPSA) is 62.5 Å². The van der Waals surface area contributed by atoms with Gasteiger partial charge in [-0.15, -0.1) is 0 Å². The van der Waals surface area contributed by atoms with Crippen molar-refractivity contribution in [2.24, 2.45) is 0 Å². The van der Waals surface area contributed by atoms with Gasteiger partial charge in [-0.25, -0.2) is 0 Å². The van der Waals surface area contributed by atoms with E-state index in [1.807, 2.05) is 0 Å². The molecule has 1 unspecified atom stereocenters. The van der Waals surface area contributed by atoms with E-state index in [0.29, 0.717) is 0 Å². The molecule has 0 fully saturated rings. The quantitative estimate of drug-likeness (QED) is 0.764. The van der Waals surface area contributed by atoms with E-state index in [1.54, 1.807) is 32.9 Å². The molecule has 2 N–H and O–H groups in total. The summed E-state index contributed by atoms with van der Waals surface area (Å²) in [5.74, 6) is -0.0698. The Bertz CT molecular complexity index is 301. The van der Waals surface area contributed by atoms with Crippen LogP contribution in [-0.4, -0.2) is 22.7 Å². The smallest absolute Gasteiger partial charge is 0.287 e. The first-order valence-electron chi connectivity index (χ1n) is 4.47. The molecule has 4 heteroatoms. The molecule has 1 aromatic rings. The zero-order valence-electron chi connectivity index (χ0n) is 8.57. The highest BCUT2D eigenvalue weighted by atomic mass is 16.3. The summed E-state index contributed by atoms with van der Waals surface area (Å²) in [6.07, 6.45) is 0.811. The van der Waals surface area contributed by atoms with Crippen LogP contribution in [0.25, 0.3) is 0 Å². The lowest BCUT2D eigenvalue weighted by Gasteiger charge is -2.28. The second-order valence-corrected chi connectivity index (χ2v) is 3.83. The number of nitrogens with one attached hydrogen (secondary N) is 1.